The van der Waals surface area contributed by atoms with Crippen molar-refractivity contribution in [1.82, 2.24) is 9.88 Å². The van der Waals surface area contributed by atoms with Crippen molar-refractivity contribution < 1.29 is 13.9 Å². The van der Waals surface area contributed by atoms with Gasteiger partial charge < -0.3 is 9.64 Å². The third kappa shape index (κ3) is 3.78. The quantitative estimate of drug-likeness (QED) is 0.793. The molecule has 0 bridgehead atoms. The Kier molecular flexibility index (Phi) is 4.90. The first-order valence-electron chi connectivity index (χ1n) is 6.20. The summed E-state index contributed by atoms with van der Waals surface area (Å²) in [5.41, 5.74) is 1.21. The van der Waals surface area contributed by atoms with Crippen molar-refractivity contribution in [3.05, 3.63) is 58.1 Å². The van der Waals surface area contributed by atoms with E-state index in [1.807, 2.05) is 18.2 Å². The number of methoxy groups -OCH3 is 1. The largest absolute Gasteiger partial charge is 0.496 e. The molecule has 0 saturated heterocycles. The Morgan fingerprint density at radius 3 is 2.76 bits per heavy atom. The molecule has 1 heterocycles. The number of pyridine rings is 1. The summed E-state index contributed by atoms with van der Waals surface area (Å²) < 4.78 is 19.0. The fourth-order valence-electron chi connectivity index (χ4n) is 1.92. The number of aromatic nitrogens is 1. The molecule has 4 nitrogen and oxygen atoms in total. The van der Waals surface area contributed by atoms with E-state index in [-0.39, 0.29) is 5.91 Å². The van der Waals surface area contributed by atoms with Crippen LogP contribution in [-0.4, -0.2) is 29.9 Å². The average molecular weight is 353 g/mol. The predicted molar refractivity (Wildman–Crippen MR) is 80.7 cm³/mol. The molecule has 0 radical (unpaired) electrons. The number of ether oxygens (including phenoxy) is 1. The van der Waals surface area contributed by atoms with Crippen LogP contribution < -0.4 is 4.74 Å². The van der Waals surface area contributed by atoms with E-state index in [0.717, 1.165) is 10.0 Å². The van der Waals surface area contributed by atoms with Gasteiger partial charge >= 0.3 is 0 Å². The molecule has 1 amide bonds. The highest BCUT2D eigenvalue weighted by Crippen LogP contribution is 2.24. The van der Waals surface area contributed by atoms with Crippen LogP contribution in [0.3, 0.4) is 0 Å². The van der Waals surface area contributed by atoms with E-state index in [1.165, 1.54) is 23.2 Å². The molecule has 1 aromatic carbocycles. The molecule has 0 unspecified atom stereocenters. The molecule has 0 aliphatic heterocycles. The molecule has 0 spiro atoms. The predicted octanol–water partition coefficient (Wildman–Crippen LogP) is 3.26. The van der Waals surface area contributed by atoms with Crippen LogP contribution in [0.25, 0.3) is 0 Å². The van der Waals surface area contributed by atoms with Crippen LogP contribution >= 0.6 is 15.9 Å². The average Bonchev–Trinajstić information content (AvgIpc) is 2.47. The normalized spacial score (nSPS) is 10.3. The van der Waals surface area contributed by atoms with E-state index in [9.17, 15) is 9.18 Å². The Morgan fingerprint density at radius 1 is 1.38 bits per heavy atom. The molecule has 0 N–H and O–H groups in total. The zero-order valence-electron chi connectivity index (χ0n) is 11.6. The monoisotopic (exact) mass is 352 g/mol. The van der Waals surface area contributed by atoms with Gasteiger partial charge in [0.05, 0.1) is 12.7 Å². The van der Waals surface area contributed by atoms with Gasteiger partial charge in [0.15, 0.2) is 0 Å². The molecule has 0 atom stereocenters. The van der Waals surface area contributed by atoms with Gasteiger partial charge in [-0.15, -0.1) is 0 Å². The smallest absolute Gasteiger partial charge is 0.255 e. The van der Waals surface area contributed by atoms with Gasteiger partial charge in [0.25, 0.3) is 5.91 Å². The van der Waals surface area contributed by atoms with Crippen molar-refractivity contribution in [2.45, 2.75) is 6.54 Å². The first kappa shape index (κ1) is 15.4. The maximum absolute atomic E-state index is 12.8. The molecule has 0 fully saturated rings. The Balaban J connectivity index is 2.17. The van der Waals surface area contributed by atoms with Crippen molar-refractivity contribution in [1.29, 1.82) is 0 Å². The molecule has 1 aromatic heterocycles. The van der Waals surface area contributed by atoms with Gasteiger partial charge in [-0.25, -0.2) is 4.98 Å². The van der Waals surface area contributed by atoms with Crippen molar-refractivity contribution in [2.75, 3.05) is 14.2 Å². The van der Waals surface area contributed by atoms with Crippen LogP contribution in [0, 0.1) is 5.95 Å². The fourth-order valence-corrected chi connectivity index (χ4v) is 2.33. The van der Waals surface area contributed by atoms with Crippen molar-refractivity contribution >= 4 is 21.8 Å². The first-order valence-corrected chi connectivity index (χ1v) is 7.00. The summed E-state index contributed by atoms with van der Waals surface area (Å²) in [6, 6.07) is 8.18. The number of hydrogen-bond donors (Lipinski definition) is 0. The van der Waals surface area contributed by atoms with E-state index in [2.05, 4.69) is 20.9 Å². The zero-order valence-corrected chi connectivity index (χ0v) is 13.2. The summed E-state index contributed by atoms with van der Waals surface area (Å²) in [5.74, 6) is -0.137. The zero-order chi connectivity index (χ0) is 15.4. The van der Waals surface area contributed by atoms with E-state index in [1.54, 1.807) is 14.2 Å². The number of rotatable bonds is 4. The molecule has 0 saturated carbocycles. The molecular weight excluding hydrogens is 339 g/mol. The highest BCUT2D eigenvalue weighted by Gasteiger charge is 2.15. The van der Waals surface area contributed by atoms with Crippen LogP contribution in [0.5, 0.6) is 5.75 Å². The van der Waals surface area contributed by atoms with Gasteiger partial charge in [-0.2, -0.15) is 4.39 Å². The minimum atomic E-state index is -0.608. The summed E-state index contributed by atoms with van der Waals surface area (Å²) in [7, 11) is 3.25. The molecule has 110 valence electrons. The van der Waals surface area contributed by atoms with E-state index in [0.29, 0.717) is 17.9 Å². The Hall–Kier alpha value is -1.95. The van der Waals surface area contributed by atoms with Gasteiger partial charge in [0.2, 0.25) is 5.95 Å². The van der Waals surface area contributed by atoms with Crippen molar-refractivity contribution in [3.8, 4) is 5.75 Å². The molecule has 2 rings (SSSR count). The summed E-state index contributed by atoms with van der Waals surface area (Å²) >= 11 is 3.39. The lowest BCUT2D eigenvalue weighted by molar-refractivity contribution is 0.0783. The van der Waals surface area contributed by atoms with Gasteiger partial charge in [0, 0.05) is 29.8 Å². The Labute approximate surface area is 130 Å². The molecule has 0 aliphatic carbocycles. The minimum absolute atomic E-state index is 0.232. The third-order valence-electron chi connectivity index (χ3n) is 2.97. The standard InChI is InChI=1S/C15H14BrFN2O2/c1-19(15(20)10-3-6-14(17)18-8-10)9-11-7-12(16)4-5-13(11)21-2/h3-8H,9H2,1-2H3. The third-order valence-corrected chi connectivity index (χ3v) is 3.46. The lowest BCUT2D eigenvalue weighted by atomic mass is 10.1. The molecular formula is C15H14BrFN2O2. The summed E-state index contributed by atoms with van der Waals surface area (Å²) in [5, 5.41) is 0. The van der Waals surface area contributed by atoms with Gasteiger partial charge in [0.1, 0.15) is 5.75 Å². The van der Waals surface area contributed by atoms with Crippen LogP contribution in [0.4, 0.5) is 4.39 Å². The van der Waals surface area contributed by atoms with E-state index < -0.39 is 5.95 Å². The molecule has 0 aliphatic rings. The number of nitrogens with zero attached hydrogens (tertiary/aromatic N) is 2. The van der Waals surface area contributed by atoms with E-state index in [4.69, 9.17) is 4.74 Å². The second-order valence-electron chi connectivity index (χ2n) is 4.49. The lowest BCUT2D eigenvalue weighted by Gasteiger charge is -2.19. The van der Waals surface area contributed by atoms with Gasteiger partial charge in [-0.3, -0.25) is 4.79 Å². The number of carbonyl (C=O) groups is 1. The Bertz CT molecular complexity index is 647. The van der Waals surface area contributed by atoms with Gasteiger partial charge in [-0.05, 0) is 30.3 Å². The van der Waals surface area contributed by atoms with Crippen molar-refractivity contribution in [3.63, 3.8) is 0 Å². The number of amides is 1. The molecule has 21 heavy (non-hydrogen) atoms. The number of benzene rings is 1. The van der Waals surface area contributed by atoms with Gasteiger partial charge in [-0.1, -0.05) is 15.9 Å². The minimum Gasteiger partial charge on any atom is -0.496 e. The van der Waals surface area contributed by atoms with Crippen LogP contribution in [-0.2, 0) is 6.54 Å². The van der Waals surface area contributed by atoms with E-state index >= 15 is 0 Å². The lowest BCUT2D eigenvalue weighted by Crippen LogP contribution is -2.26. The maximum Gasteiger partial charge on any atom is 0.255 e. The Morgan fingerprint density at radius 2 is 2.14 bits per heavy atom. The van der Waals surface area contributed by atoms with Crippen LogP contribution in [0.1, 0.15) is 15.9 Å². The van der Waals surface area contributed by atoms with Crippen molar-refractivity contribution in [2.24, 2.45) is 0 Å². The fraction of sp³-hybridized carbons (Fsp3) is 0.200. The summed E-state index contributed by atoms with van der Waals surface area (Å²) in [4.78, 5) is 17.3. The second-order valence-corrected chi connectivity index (χ2v) is 5.40. The SMILES string of the molecule is COc1ccc(Br)cc1CN(C)C(=O)c1ccc(F)nc1. The van der Waals surface area contributed by atoms with Crippen LogP contribution in [0.15, 0.2) is 41.0 Å². The number of hydrogen-bond acceptors (Lipinski definition) is 3. The van der Waals surface area contributed by atoms with Crippen LogP contribution in [0.2, 0.25) is 0 Å². The number of halogens is 2. The summed E-state index contributed by atoms with van der Waals surface area (Å²) in [6.07, 6.45) is 1.23. The molecule has 2 aromatic rings. The maximum atomic E-state index is 12.8. The first-order chi connectivity index (χ1) is 10.0. The highest BCUT2D eigenvalue weighted by atomic mass is 79.9. The highest BCUT2D eigenvalue weighted by molar-refractivity contribution is 9.10. The summed E-state index contributed by atoms with van der Waals surface area (Å²) in [6.45, 7) is 0.374. The second kappa shape index (κ2) is 6.67. The topological polar surface area (TPSA) is 42.4 Å². The number of carbonyl (C=O) groups excluding carboxylic acids is 1. The molecule has 6 heteroatoms.